The monoisotopic (exact) mass is 354 g/mol. The molecule has 26 heavy (non-hydrogen) atoms. The van der Waals surface area contributed by atoms with Crippen LogP contribution in [0.25, 0.3) is 0 Å². The van der Waals surface area contributed by atoms with Crippen molar-refractivity contribution >= 4 is 11.7 Å². The van der Waals surface area contributed by atoms with Crippen LogP contribution in [0.5, 0.6) is 0 Å². The third-order valence-corrected chi connectivity index (χ3v) is 5.01. The van der Waals surface area contributed by atoms with Crippen LogP contribution in [0.2, 0.25) is 0 Å². The highest BCUT2D eigenvalue weighted by molar-refractivity contribution is 6.39. The van der Waals surface area contributed by atoms with E-state index in [9.17, 15) is 9.59 Å². The fourth-order valence-electron chi connectivity index (χ4n) is 3.69. The van der Waals surface area contributed by atoms with E-state index in [1.54, 1.807) is 23.6 Å². The minimum atomic E-state index is -0.354. The summed E-state index contributed by atoms with van der Waals surface area (Å²) in [5, 5.41) is 0. The molecule has 3 heterocycles. The van der Waals surface area contributed by atoms with E-state index in [2.05, 4.69) is 16.9 Å². The van der Waals surface area contributed by atoms with E-state index < -0.39 is 0 Å². The maximum Gasteiger partial charge on any atom is 0.290 e. The Morgan fingerprint density at radius 1 is 1.08 bits per heavy atom. The number of Topliss-reactive ketones (excluding diaryl/α,β-unsaturated/α-hetero) is 1. The molecule has 1 saturated heterocycles. The molecule has 0 bridgehead atoms. The zero-order valence-corrected chi connectivity index (χ0v) is 15.3. The van der Waals surface area contributed by atoms with Gasteiger partial charge in [0.05, 0.1) is 24.0 Å². The molecule has 1 aliphatic rings. The van der Waals surface area contributed by atoms with Gasteiger partial charge < -0.3 is 9.47 Å². The van der Waals surface area contributed by atoms with E-state index in [0.717, 1.165) is 44.3 Å². The number of likely N-dealkylation sites (tertiary alicyclic amines) is 1. The number of ketones is 1. The van der Waals surface area contributed by atoms with Gasteiger partial charge in [0.1, 0.15) is 0 Å². The maximum atomic E-state index is 12.7. The molecule has 2 aromatic rings. The smallest absolute Gasteiger partial charge is 0.290 e. The molecule has 138 valence electrons. The van der Waals surface area contributed by atoms with Gasteiger partial charge in [-0.05, 0) is 25.0 Å². The second-order valence-corrected chi connectivity index (χ2v) is 6.82. The van der Waals surface area contributed by atoms with E-state index >= 15 is 0 Å². The molecule has 0 N–H and O–H groups in total. The number of nitrogens with zero attached hydrogens (tertiary/aromatic N) is 4. The predicted octanol–water partition coefficient (Wildman–Crippen LogP) is 3.02. The van der Waals surface area contributed by atoms with Gasteiger partial charge in [-0.1, -0.05) is 32.3 Å². The second kappa shape index (κ2) is 8.74. The van der Waals surface area contributed by atoms with Crippen LogP contribution in [0.3, 0.4) is 0 Å². The Morgan fingerprint density at radius 3 is 2.65 bits per heavy atom. The van der Waals surface area contributed by atoms with Crippen molar-refractivity contribution in [3.63, 3.8) is 0 Å². The molecule has 3 rings (SSSR count). The number of amides is 1. The van der Waals surface area contributed by atoms with Crippen LogP contribution in [-0.2, 0) is 16.1 Å². The molecule has 1 aliphatic heterocycles. The summed E-state index contributed by atoms with van der Waals surface area (Å²) < 4.78 is 1.98. The van der Waals surface area contributed by atoms with Gasteiger partial charge in [-0.3, -0.25) is 14.6 Å². The Hall–Kier alpha value is -2.50. The average Bonchev–Trinajstić information content (AvgIpc) is 3.26. The Balaban J connectivity index is 1.75. The molecule has 2 aromatic heterocycles. The number of pyridine rings is 1. The molecular formula is C20H26N4O2. The molecule has 2 atom stereocenters. The molecule has 1 amide bonds. The van der Waals surface area contributed by atoms with E-state index in [0.29, 0.717) is 6.54 Å². The molecular weight excluding hydrogens is 328 g/mol. The molecule has 6 heteroatoms. The van der Waals surface area contributed by atoms with E-state index in [-0.39, 0.29) is 23.7 Å². The fraction of sp³-hybridized carbons (Fsp3) is 0.500. The van der Waals surface area contributed by atoms with Crippen molar-refractivity contribution in [2.75, 3.05) is 6.54 Å². The number of aromatic nitrogens is 3. The van der Waals surface area contributed by atoms with Crippen LogP contribution in [0.15, 0.2) is 43.1 Å². The van der Waals surface area contributed by atoms with Crippen LogP contribution in [-0.4, -0.2) is 37.7 Å². The predicted molar refractivity (Wildman–Crippen MR) is 98.2 cm³/mol. The molecule has 0 saturated carbocycles. The van der Waals surface area contributed by atoms with Gasteiger partial charge in [-0.25, -0.2) is 4.98 Å². The molecule has 0 spiro atoms. The van der Waals surface area contributed by atoms with Crippen molar-refractivity contribution in [1.29, 1.82) is 0 Å². The van der Waals surface area contributed by atoms with Gasteiger partial charge >= 0.3 is 0 Å². The highest BCUT2D eigenvalue weighted by Gasteiger charge is 2.47. The lowest BCUT2D eigenvalue weighted by atomic mass is 9.90. The van der Waals surface area contributed by atoms with Gasteiger partial charge in [-0.15, -0.1) is 0 Å². The minimum Gasteiger partial charge on any atom is -0.337 e. The van der Waals surface area contributed by atoms with Gasteiger partial charge in [0, 0.05) is 31.7 Å². The first-order valence-corrected chi connectivity index (χ1v) is 9.44. The number of unbranched alkanes of at least 4 members (excludes halogenated alkanes) is 2. The molecule has 6 nitrogen and oxygen atoms in total. The van der Waals surface area contributed by atoms with Gasteiger partial charge in [0.25, 0.3) is 5.91 Å². The van der Waals surface area contributed by atoms with E-state index in [1.165, 1.54) is 0 Å². The largest absolute Gasteiger partial charge is 0.337 e. The highest BCUT2D eigenvalue weighted by atomic mass is 16.2. The number of hydrogen-bond acceptors (Lipinski definition) is 4. The zero-order valence-electron chi connectivity index (χ0n) is 15.3. The number of aryl methyl sites for hydroxylation is 1. The Bertz CT molecular complexity index is 715. The molecule has 1 fully saturated rings. The zero-order chi connectivity index (χ0) is 18.4. The third kappa shape index (κ3) is 4.00. The summed E-state index contributed by atoms with van der Waals surface area (Å²) in [5.74, 6) is -0.885. The van der Waals surface area contributed by atoms with Gasteiger partial charge in [0.2, 0.25) is 5.78 Å². The molecule has 0 aromatic carbocycles. The molecule has 2 unspecified atom stereocenters. The highest BCUT2D eigenvalue weighted by Crippen LogP contribution is 2.38. The first kappa shape index (κ1) is 18.3. The quantitative estimate of drug-likeness (QED) is 0.513. The molecule has 0 aliphatic carbocycles. The van der Waals surface area contributed by atoms with Crippen LogP contribution in [0.1, 0.15) is 50.8 Å². The SMILES string of the molecule is CCCCCC1C(=O)C(=O)N(CCCn2ccnc2)C1c1ccccn1. The Morgan fingerprint density at radius 2 is 1.96 bits per heavy atom. The van der Waals surface area contributed by atoms with Crippen molar-refractivity contribution in [2.45, 2.75) is 51.6 Å². The van der Waals surface area contributed by atoms with Crippen LogP contribution in [0, 0.1) is 5.92 Å². The lowest BCUT2D eigenvalue weighted by Gasteiger charge is -2.27. The number of rotatable bonds is 9. The van der Waals surface area contributed by atoms with Crippen molar-refractivity contribution in [1.82, 2.24) is 19.4 Å². The van der Waals surface area contributed by atoms with Crippen molar-refractivity contribution < 1.29 is 9.59 Å². The maximum absolute atomic E-state index is 12.7. The van der Waals surface area contributed by atoms with Crippen molar-refractivity contribution in [2.24, 2.45) is 5.92 Å². The number of carbonyl (C=O) groups is 2. The minimum absolute atomic E-state index is 0.240. The lowest BCUT2D eigenvalue weighted by molar-refractivity contribution is -0.141. The normalized spacial score (nSPS) is 20.1. The summed E-state index contributed by atoms with van der Waals surface area (Å²) in [5.41, 5.74) is 0.816. The lowest BCUT2D eigenvalue weighted by Crippen LogP contribution is -2.31. The first-order valence-electron chi connectivity index (χ1n) is 9.44. The summed E-state index contributed by atoms with van der Waals surface area (Å²) in [6.07, 6.45) is 11.8. The van der Waals surface area contributed by atoms with Crippen LogP contribution < -0.4 is 0 Å². The fourth-order valence-corrected chi connectivity index (χ4v) is 3.69. The molecule has 0 radical (unpaired) electrons. The standard InChI is InChI=1S/C20H26N4O2/c1-2-3-4-8-16-18(17-9-5-6-10-22-17)24(20(26)19(16)25)13-7-12-23-14-11-21-15-23/h5-6,9-11,14-16,18H,2-4,7-8,12-13H2,1H3. The first-order chi connectivity index (χ1) is 12.7. The Kier molecular flexibility index (Phi) is 6.15. The number of imidazole rings is 1. The van der Waals surface area contributed by atoms with Crippen LogP contribution >= 0.6 is 0 Å². The summed E-state index contributed by atoms with van der Waals surface area (Å²) in [6.45, 7) is 3.46. The van der Waals surface area contributed by atoms with E-state index in [1.807, 2.05) is 29.0 Å². The van der Waals surface area contributed by atoms with Crippen molar-refractivity contribution in [3.05, 3.63) is 48.8 Å². The average molecular weight is 354 g/mol. The second-order valence-electron chi connectivity index (χ2n) is 6.82. The summed E-state index contributed by atoms with van der Waals surface area (Å²) in [6, 6.07) is 5.46. The van der Waals surface area contributed by atoms with Gasteiger partial charge in [0.15, 0.2) is 0 Å². The van der Waals surface area contributed by atoms with E-state index in [4.69, 9.17) is 0 Å². The third-order valence-electron chi connectivity index (χ3n) is 5.01. The van der Waals surface area contributed by atoms with Gasteiger partial charge in [-0.2, -0.15) is 0 Å². The topological polar surface area (TPSA) is 68.1 Å². The van der Waals surface area contributed by atoms with Crippen molar-refractivity contribution in [3.8, 4) is 0 Å². The summed E-state index contributed by atoms with van der Waals surface area (Å²) in [4.78, 5) is 35.5. The summed E-state index contributed by atoms with van der Waals surface area (Å²) >= 11 is 0. The Labute approximate surface area is 154 Å². The number of carbonyl (C=O) groups excluding carboxylic acids is 2. The van der Waals surface area contributed by atoms with Crippen LogP contribution in [0.4, 0.5) is 0 Å². The summed E-state index contributed by atoms with van der Waals surface area (Å²) in [7, 11) is 0. The number of hydrogen-bond donors (Lipinski definition) is 0.